The SMILES string of the molecule is C/C(=C\C1COC(C)OC1)C(=O)COc1ccc(C)c(C)c1. The van der Waals surface area contributed by atoms with Crippen molar-refractivity contribution < 1.29 is 19.0 Å². The molecule has 0 N–H and O–H groups in total. The van der Waals surface area contributed by atoms with Crippen molar-refractivity contribution in [2.75, 3.05) is 19.8 Å². The van der Waals surface area contributed by atoms with Crippen LogP contribution in [-0.2, 0) is 14.3 Å². The molecule has 0 unspecified atom stereocenters. The molecule has 1 aliphatic heterocycles. The zero-order valence-corrected chi connectivity index (χ0v) is 13.7. The molecule has 0 spiro atoms. The Morgan fingerprint density at radius 3 is 2.59 bits per heavy atom. The topological polar surface area (TPSA) is 44.8 Å². The van der Waals surface area contributed by atoms with Gasteiger partial charge in [0.15, 0.2) is 18.7 Å². The number of carbonyl (C=O) groups excluding carboxylic acids is 1. The second kappa shape index (κ2) is 7.56. The number of rotatable bonds is 5. The molecule has 120 valence electrons. The van der Waals surface area contributed by atoms with Crippen LogP contribution in [-0.4, -0.2) is 31.9 Å². The average molecular weight is 304 g/mol. The van der Waals surface area contributed by atoms with Gasteiger partial charge in [0.25, 0.3) is 0 Å². The van der Waals surface area contributed by atoms with Gasteiger partial charge in [-0.2, -0.15) is 0 Å². The molecule has 4 heteroatoms. The Balaban J connectivity index is 1.87. The second-order valence-corrected chi connectivity index (χ2v) is 5.80. The number of aryl methyl sites for hydroxylation is 2. The van der Waals surface area contributed by atoms with Gasteiger partial charge in [-0.1, -0.05) is 12.1 Å². The number of ketones is 1. The van der Waals surface area contributed by atoms with E-state index >= 15 is 0 Å². The van der Waals surface area contributed by atoms with Crippen LogP contribution in [0.5, 0.6) is 5.75 Å². The van der Waals surface area contributed by atoms with Crippen molar-refractivity contribution in [1.29, 1.82) is 0 Å². The third kappa shape index (κ3) is 4.68. The van der Waals surface area contributed by atoms with Crippen LogP contribution in [0.2, 0.25) is 0 Å². The van der Waals surface area contributed by atoms with Gasteiger partial charge < -0.3 is 14.2 Å². The Kier molecular flexibility index (Phi) is 5.75. The Bertz CT molecular complexity index is 554. The number of benzene rings is 1. The normalized spacial score (nSPS) is 22.5. The number of hydrogen-bond acceptors (Lipinski definition) is 4. The third-order valence-electron chi connectivity index (χ3n) is 3.86. The number of Topliss-reactive ketones (excluding diaryl/α,β-unsaturated/α-hetero) is 1. The van der Waals surface area contributed by atoms with Crippen molar-refractivity contribution in [2.45, 2.75) is 34.0 Å². The predicted octanol–water partition coefficient (Wildman–Crippen LogP) is 3.21. The van der Waals surface area contributed by atoms with Crippen LogP contribution in [0, 0.1) is 19.8 Å². The minimum absolute atomic E-state index is 0.0168. The van der Waals surface area contributed by atoms with Gasteiger partial charge in [-0.05, 0) is 56.5 Å². The molecule has 0 atom stereocenters. The van der Waals surface area contributed by atoms with Crippen molar-refractivity contribution >= 4 is 5.78 Å². The summed E-state index contributed by atoms with van der Waals surface area (Å²) in [6.07, 6.45) is 1.76. The van der Waals surface area contributed by atoms with Gasteiger partial charge in [-0.25, -0.2) is 0 Å². The molecule has 0 aliphatic carbocycles. The first-order valence-corrected chi connectivity index (χ1v) is 7.60. The highest BCUT2D eigenvalue weighted by Gasteiger charge is 2.18. The van der Waals surface area contributed by atoms with Crippen LogP contribution in [0.1, 0.15) is 25.0 Å². The van der Waals surface area contributed by atoms with Crippen LogP contribution >= 0.6 is 0 Å². The van der Waals surface area contributed by atoms with E-state index in [-0.39, 0.29) is 24.6 Å². The number of ether oxygens (including phenoxy) is 3. The van der Waals surface area contributed by atoms with Gasteiger partial charge in [0.2, 0.25) is 0 Å². The summed E-state index contributed by atoms with van der Waals surface area (Å²) in [5.74, 6) is 0.834. The van der Waals surface area contributed by atoms with E-state index in [9.17, 15) is 4.79 Å². The zero-order chi connectivity index (χ0) is 16.1. The van der Waals surface area contributed by atoms with Crippen molar-refractivity contribution in [3.8, 4) is 5.75 Å². The Morgan fingerprint density at radius 2 is 1.95 bits per heavy atom. The molecule has 22 heavy (non-hydrogen) atoms. The summed E-state index contributed by atoms with van der Waals surface area (Å²) in [6, 6.07) is 5.83. The van der Waals surface area contributed by atoms with Crippen LogP contribution in [0.3, 0.4) is 0 Å². The highest BCUT2D eigenvalue weighted by molar-refractivity contribution is 5.95. The zero-order valence-electron chi connectivity index (χ0n) is 13.7. The molecule has 1 fully saturated rings. The fraction of sp³-hybridized carbons (Fsp3) is 0.500. The van der Waals surface area contributed by atoms with E-state index in [2.05, 4.69) is 0 Å². The van der Waals surface area contributed by atoms with E-state index in [1.165, 1.54) is 5.56 Å². The number of carbonyl (C=O) groups is 1. The molecular formula is C18H24O4. The van der Waals surface area contributed by atoms with Crippen molar-refractivity contribution in [3.63, 3.8) is 0 Å². The molecule has 1 aromatic carbocycles. The van der Waals surface area contributed by atoms with Crippen LogP contribution < -0.4 is 4.74 Å². The highest BCUT2D eigenvalue weighted by atomic mass is 16.7. The maximum absolute atomic E-state index is 12.1. The molecule has 1 aliphatic rings. The van der Waals surface area contributed by atoms with Crippen LogP contribution in [0.4, 0.5) is 0 Å². The standard InChI is InChI=1S/C18H24O4/c1-12-5-6-17(8-13(12)2)22-11-18(19)14(3)7-16-9-20-15(4)21-10-16/h5-8,15-16H,9-11H2,1-4H3/b14-7+. The lowest BCUT2D eigenvalue weighted by molar-refractivity contribution is -0.182. The Morgan fingerprint density at radius 1 is 1.27 bits per heavy atom. The second-order valence-electron chi connectivity index (χ2n) is 5.80. The fourth-order valence-corrected chi connectivity index (χ4v) is 2.22. The van der Waals surface area contributed by atoms with Crippen LogP contribution in [0.15, 0.2) is 29.8 Å². The van der Waals surface area contributed by atoms with E-state index in [1.54, 1.807) is 0 Å². The average Bonchev–Trinajstić information content (AvgIpc) is 2.50. The maximum atomic E-state index is 12.1. The fourth-order valence-electron chi connectivity index (χ4n) is 2.22. The summed E-state index contributed by atoms with van der Waals surface area (Å²) in [4.78, 5) is 12.1. The van der Waals surface area contributed by atoms with E-state index in [0.717, 1.165) is 11.3 Å². The third-order valence-corrected chi connectivity index (χ3v) is 3.86. The van der Waals surface area contributed by atoms with Gasteiger partial charge in [0.1, 0.15) is 5.75 Å². The molecule has 0 radical (unpaired) electrons. The molecule has 1 aromatic rings. The van der Waals surface area contributed by atoms with Crippen molar-refractivity contribution in [3.05, 3.63) is 41.0 Å². The van der Waals surface area contributed by atoms with Crippen molar-refractivity contribution in [2.24, 2.45) is 5.92 Å². The molecule has 1 heterocycles. The maximum Gasteiger partial charge on any atom is 0.195 e. The van der Waals surface area contributed by atoms with Gasteiger partial charge in [-0.3, -0.25) is 4.79 Å². The van der Waals surface area contributed by atoms with Crippen LogP contribution in [0.25, 0.3) is 0 Å². The van der Waals surface area contributed by atoms with Crippen molar-refractivity contribution in [1.82, 2.24) is 0 Å². The van der Waals surface area contributed by atoms with E-state index < -0.39 is 0 Å². The van der Waals surface area contributed by atoms with Gasteiger partial charge in [0, 0.05) is 5.92 Å². The minimum Gasteiger partial charge on any atom is -0.485 e. The monoisotopic (exact) mass is 304 g/mol. The van der Waals surface area contributed by atoms with E-state index in [4.69, 9.17) is 14.2 Å². The summed E-state index contributed by atoms with van der Waals surface area (Å²) < 4.78 is 16.4. The van der Waals surface area contributed by atoms with Gasteiger partial charge in [-0.15, -0.1) is 0 Å². The quantitative estimate of drug-likeness (QED) is 0.784. The lowest BCUT2D eigenvalue weighted by Crippen LogP contribution is -2.29. The molecule has 0 amide bonds. The van der Waals surface area contributed by atoms with Gasteiger partial charge >= 0.3 is 0 Å². The smallest absolute Gasteiger partial charge is 0.195 e. The minimum atomic E-state index is -0.159. The summed E-state index contributed by atoms with van der Waals surface area (Å²) >= 11 is 0. The summed E-state index contributed by atoms with van der Waals surface area (Å²) in [5.41, 5.74) is 3.06. The van der Waals surface area contributed by atoms with E-state index in [1.807, 2.05) is 52.0 Å². The first-order valence-electron chi connectivity index (χ1n) is 7.60. The molecule has 0 aromatic heterocycles. The first kappa shape index (κ1) is 16.7. The lowest BCUT2D eigenvalue weighted by atomic mass is 10.1. The molecule has 0 bridgehead atoms. The predicted molar refractivity (Wildman–Crippen MR) is 85.0 cm³/mol. The van der Waals surface area contributed by atoms with E-state index in [0.29, 0.717) is 18.8 Å². The summed E-state index contributed by atoms with van der Waals surface area (Å²) in [6.45, 7) is 8.98. The highest BCUT2D eigenvalue weighted by Crippen LogP contribution is 2.17. The molecular weight excluding hydrogens is 280 g/mol. The summed E-state index contributed by atoms with van der Waals surface area (Å²) in [7, 11) is 0. The lowest BCUT2D eigenvalue weighted by Gasteiger charge is -2.25. The van der Waals surface area contributed by atoms with Gasteiger partial charge in [0.05, 0.1) is 13.2 Å². The molecule has 2 rings (SSSR count). The Hall–Kier alpha value is -1.65. The molecule has 0 saturated carbocycles. The summed E-state index contributed by atoms with van der Waals surface area (Å²) in [5, 5.41) is 0. The first-order chi connectivity index (χ1) is 10.5. The molecule has 4 nitrogen and oxygen atoms in total. The largest absolute Gasteiger partial charge is 0.485 e. The Labute approximate surface area is 132 Å². The number of hydrogen-bond donors (Lipinski definition) is 0. The molecule has 1 saturated heterocycles.